The molecule has 0 aromatic carbocycles. The Morgan fingerprint density at radius 2 is 0.800 bits per heavy atom. The van der Waals surface area contributed by atoms with Gasteiger partial charge in [-0.15, -0.1) is 0 Å². The van der Waals surface area contributed by atoms with Gasteiger partial charge in [0.1, 0.15) is 0 Å². The Labute approximate surface area is 123 Å². The topological polar surface area (TPSA) is 0 Å². The van der Waals surface area contributed by atoms with Crippen molar-refractivity contribution in [1.29, 1.82) is 0 Å². The average molecular weight is 822 g/mol. The molecule has 0 amide bonds. The SMILES string of the molecule is [CH2-]C(C)(C)C.[CH3-].[W].[W].[W].[W]. The molecule has 0 saturated heterocycles. The largest absolute Gasteiger partial charge is 0.358 e. The van der Waals surface area contributed by atoms with E-state index in [4.69, 9.17) is 0 Å². The Balaban J connectivity index is -0.00000000800. The summed E-state index contributed by atoms with van der Waals surface area (Å²) < 4.78 is 0. The number of hydrogen-bond donors (Lipinski definition) is 0. The molecule has 0 aromatic heterocycles. The van der Waals surface area contributed by atoms with Crippen LogP contribution >= 0.6 is 0 Å². The van der Waals surface area contributed by atoms with Crippen molar-refractivity contribution in [3.63, 3.8) is 0 Å². The third-order valence-corrected chi connectivity index (χ3v) is 0. The second-order valence-corrected chi connectivity index (χ2v) is 2.56. The summed E-state index contributed by atoms with van der Waals surface area (Å²) >= 11 is 0. The molecule has 10 heavy (non-hydrogen) atoms. The monoisotopic (exact) mass is 822 g/mol. The van der Waals surface area contributed by atoms with Gasteiger partial charge in [0.25, 0.3) is 0 Å². The van der Waals surface area contributed by atoms with Gasteiger partial charge >= 0.3 is 0 Å². The van der Waals surface area contributed by atoms with Crippen LogP contribution in [0.25, 0.3) is 0 Å². The molecule has 0 fully saturated rings. The molecule has 0 aliphatic heterocycles. The van der Waals surface area contributed by atoms with Gasteiger partial charge in [0.2, 0.25) is 0 Å². The summed E-state index contributed by atoms with van der Waals surface area (Å²) in [6.45, 7) is 10.0. The van der Waals surface area contributed by atoms with Crippen LogP contribution in [0.15, 0.2) is 0 Å². The maximum absolute atomic E-state index is 3.77. The molecule has 0 aliphatic carbocycles. The van der Waals surface area contributed by atoms with E-state index in [-0.39, 0.29) is 97.1 Å². The van der Waals surface area contributed by atoms with E-state index in [2.05, 4.69) is 27.7 Å². The van der Waals surface area contributed by atoms with Crippen LogP contribution in [0.3, 0.4) is 0 Å². The minimum absolute atomic E-state index is 0. The summed E-state index contributed by atoms with van der Waals surface area (Å²) in [5.74, 6) is 0. The van der Waals surface area contributed by atoms with Gasteiger partial charge in [0.15, 0.2) is 0 Å². The molecule has 0 saturated carbocycles. The zero-order valence-electron chi connectivity index (χ0n) is 6.84. The van der Waals surface area contributed by atoms with Crippen LogP contribution in [0.5, 0.6) is 0 Å². The van der Waals surface area contributed by atoms with E-state index >= 15 is 0 Å². The summed E-state index contributed by atoms with van der Waals surface area (Å²) in [7, 11) is 0. The van der Waals surface area contributed by atoms with Gasteiger partial charge in [-0.05, 0) is 0 Å². The van der Waals surface area contributed by atoms with Crippen molar-refractivity contribution in [2.75, 3.05) is 0 Å². The minimum Gasteiger partial charge on any atom is -0.358 e. The molecular weight excluding hydrogens is 807 g/mol. The van der Waals surface area contributed by atoms with Crippen molar-refractivity contribution in [2.45, 2.75) is 20.8 Å². The molecule has 0 atom stereocenters. The smallest absolute Gasteiger partial charge is 0 e. The summed E-state index contributed by atoms with van der Waals surface area (Å²) in [6, 6.07) is 0. The molecule has 0 rings (SSSR count). The van der Waals surface area contributed by atoms with E-state index in [9.17, 15) is 0 Å². The molecule has 0 spiro atoms. The van der Waals surface area contributed by atoms with Crippen LogP contribution in [0, 0.1) is 19.8 Å². The first kappa shape index (κ1) is 38.6. The van der Waals surface area contributed by atoms with Gasteiger partial charge in [-0.3, -0.25) is 0 Å². The van der Waals surface area contributed by atoms with Crippen LogP contribution in [-0.2, 0) is 84.3 Å². The first-order valence-corrected chi connectivity index (χ1v) is 1.85. The van der Waals surface area contributed by atoms with Gasteiger partial charge in [0, 0.05) is 84.3 Å². The quantitative estimate of drug-likeness (QED) is 0.330. The zero-order chi connectivity index (χ0) is 4.50. The van der Waals surface area contributed by atoms with Crippen molar-refractivity contribution < 1.29 is 84.3 Å². The summed E-state index contributed by atoms with van der Waals surface area (Å²) in [5, 5.41) is 0. The molecule has 4 heteroatoms. The molecule has 0 aliphatic rings. The predicted molar refractivity (Wildman–Crippen MR) is 31.2 cm³/mol. The van der Waals surface area contributed by atoms with E-state index in [1.54, 1.807) is 0 Å². The third kappa shape index (κ3) is 135. The Hall–Kier alpha value is 2.75. The molecule has 0 heterocycles. The Morgan fingerprint density at radius 1 is 0.800 bits per heavy atom. The van der Waals surface area contributed by atoms with Crippen LogP contribution < -0.4 is 0 Å². The van der Waals surface area contributed by atoms with Crippen molar-refractivity contribution in [3.05, 3.63) is 14.4 Å². The summed E-state index contributed by atoms with van der Waals surface area (Å²) in [4.78, 5) is 0. The second kappa shape index (κ2) is 17.7. The predicted octanol–water partition coefficient (Wildman–Crippen LogP) is 2.31. The molecule has 64 valence electrons. The number of rotatable bonds is 0. The number of hydrogen-bond acceptors (Lipinski definition) is 0. The van der Waals surface area contributed by atoms with E-state index in [0.717, 1.165) is 0 Å². The molecule has 0 N–H and O–H groups in total. The summed E-state index contributed by atoms with van der Waals surface area (Å²) in [6.07, 6.45) is 0. The van der Waals surface area contributed by atoms with Crippen LogP contribution in [0.4, 0.5) is 0 Å². The molecule has 0 radical (unpaired) electrons. The van der Waals surface area contributed by atoms with Gasteiger partial charge < -0.3 is 14.4 Å². The second-order valence-electron chi connectivity index (χ2n) is 2.56. The van der Waals surface area contributed by atoms with Crippen molar-refractivity contribution in [2.24, 2.45) is 5.41 Å². The molecular formula is C6H14W4-2. The average Bonchev–Trinajstić information content (AvgIpc) is 0.722. The maximum atomic E-state index is 3.77. The van der Waals surface area contributed by atoms with Crippen LogP contribution in [-0.4, -0.2) is 0 Å². The van der Waals surface area contributed by atoms with Crippen molar-refractivity contribution >= 4 is 0 Å². The fourth-order valence-electron chi connectivity index (χ4n) is 0. The third-order valence-electron chi connectivity index (χ3n) is 0. The van der Waals surface area contributed by atoms with E-state index in [1.807, 2.05) is 0 Å². The van der Waals surface area contributed by atoms with E-state index in [0.29, 0.717) is 0 Å². The Bertz CT molecular complexity index is 25.2. The van der Waals surface area contributed by atoms with E-state index in [1.165, 1.54) is 0 Å². The van der Waals surface area contributed by atoms with E-state index < -0.39 is 0 Å². The molecule has 0 aromatic rings. The summed E-state index contributed by atoms with van der Waals surface area (Å²) in [5.41, 5.74) is 0.250. The first-order valence-electron chi connectivity index (χ1n) is 1.85. The molecule has 0 unspecified atom stereocenters. The fraction of sp³-hybridized carbons (Fsp3) is 0.667. The van der Waals surface area contributed by atoms with Crippen LogP contribution in [0.2, 0.25) is 0 Å². The zero-order valence-corrected chi connectivity index (χ0v) is 18.6. The molecule has 0 bridgehead atoms. The fourth-order valence-corrected chi connectivity index (χ4v) is 0. The standard InChI is InChI=1S/C5H11.CH3.4W/c1-5(2,3)4;;;;;/h1H2,2-4H3;1H3;;;;/q2*-1;;;;. The Kier molecular flexibility index (Phi) is 68.5. The van der Waals surface area contributed by atoms with Gasteiger partial charge in [-0.25, -0.2) is 0 Å². The van der Waals surface area contributed by atoms with Gasteiger partial charge in [-0.2, -0.15) is 5.41 Å². The van der Waals surface area contributed by atoms with Gasteiger partial charge in [-0.1, -0.05) is 20.8 Å². The first-order chi connectivity index (χ1) is 2.00. The molecule has 0 nitrogen and oxygen atoms in total. The minimum atomic E-state index is 0. The maximum Gasteiger partial charge on any atom is 0 e. The van der Waals surface area contributed by atoms with Crippen molar-refractivity contribution in [1.82, 2.24) is 0 Å². The van der Waals surface area contributed by atoms with Gasteiger partial charge in [0.05, 0.1) is 0 Å². The normalized spacial score (nSPS) is 6.00. The Morgan fingerprint density at radius 3 is 0.800 bits per heavy atom. The van der Waals surface area contributed by atoms with Crippen molar-refractivity contribution in [3.8, 4) is 0 Å². The van der Waals surface area contributed by atoms with Crippen LogP contribution in [0.1, 0.15) is 20.8 Å².